The molecular formula is C23H25FN4O2. The van der Waals surface area contributed by atoms with Crippen LogP contribution >= 0.6 is 0 Å². The van der Waals surface area contributed by atoms with Crippen molar-refractivity contribution in [3.63, 3.8) is 0 Å². The highest BCUT2D eigenvalue weighted by Gasteiger charge is 2.03. The van der Waals surface area contributed by atoms with Crippen molar-refractivity contribution in [3.8, 4) is 17.4 Å². The van der Waals surface area contributed by atoms with E-state index in [1.165, 1.54) is 12.1 Å². The first-order valence-electron chi connectivity index (χ1n) is 9.69. The summed E-state index contributed by atoms with van der Waals surface area (Å²) >= 11 is 0. The molecule has 0 aliphatic rings. The van der Waals surface area contributed by atoms with E-state index in [0.717, 1.165) is 23.4 Å². The molecule has 30 heavy (non-hydrogen) atoms. The van der Waals surface area contributed by atoms with Gasteiger partial charge in [0.25, 0.3) is 0 Å². The smallest absolute Gasteiger partial charge is 0.219 e. The number of guanidine groups is 1. The van der Waals surface area contributed by atoms with E-state index in [4.69, 9.17) is 9.47 Å². The number of hydrogen-bond donors (Lipinski definition) is 2. The van der Waals surface area contributed by atoms with Crippen LogP contribution in [0, 0.1) is 5.82 Å². The molecule has 2 N–H and O–H groups in total. The fraction of sp³-hybridized carbons (Fsp3) is 0.217. The highest BCUT2D eigenvalue weighted by molar-refractivity contribution is 5.79. The minimum Gasteiger partial charge on any atom is -0.497 e. The molecule has 0 saturated carbocycles. The number of hydrogen-bond acceptors (Lipinski definition) is 4. The lowest BCUT2D eigenvalue weighted by Crippen LogP contribution is -2.36. The first-order valence-corrected chi connectivity index (χ1v) is 9.69. The molecule has 3 aromatic rings. The molecule has 156 valence electrons. The Morgan fingerprint density at radius 1 is 1.00 bits per heavy atom. The second-order valence-corrected chi connectivity index (χ2v) is 6.46. The Hall–Kier alpha value is -3.61. The van der Waals surface area contributed by atoms with Gasteiger partial charge >= 0.3 is 0 Å². The summed E-state index contributed by atoms with van der Waals surface area (Å²) in [6.07, 6.45) is 1.73. The van der Waals surface area contributed by atoms with E-state index < -0.39 is 0 Å². The number of ether oxygens (including phenoxy) is 2. The maximum atomic E-state index is 13.3. The summed E-state index contributed by atoms with van der Waals surface area (Å²) in [5.74, 6) is 2.27. The summed E-state index contributed by atoms with van der Waals surface area (Å²) in [5.41, 5.74) is 1.79. The van der Waals surface area contributed by atoms with Crippen molar-refractivity contribution in [1.29, 1.82) is 0 Å². The first-order chi connectivity index (χ1) is 14.7. The topological polar surface area (TPSA) is 67.8 Å². The molecule has 1 aromatic heterocycles. The predicted octanol–water partition coefficient (Wildman–Crippen LogP) is 4.28. The van der Waals surface area contributed by atoms with Gasteiger partial charge in [-0.05, 0) is 42.3 Å². The maximum Gasteiger partial charge on any atom is 0.219 e. The number of benzene rings is 2. The van der Waals surface area contributed by atoms with E-state index in [2.05, 4.69) is 20.6 Å². The number of halogens is 1. The minimum atomic E-state index is -0.251. The fourth-order valence-corrected chi connectivity index (χ4v) is 2.70. The van der Waals surface area contributed by atoms with Gasteiger partial charge in [0.1, 0.15) is 17.3 Å². The Balaban J connectivity index is 1.58. The molecule has 0 amide bonds. The van der Waals surface area contributed by atoms with Crippen molar-refractivity contribution < 1.29 is 13.9 Å². The average molecular weight is 408 g/mol. The van der Waals surface area contributed by atoms with Crippen LogP contribution in [0.1, 0.15) is 18.1 Å². The van der Waals surface area contributed by atoms with Crippen LogP contribution < -0.4 is 20.1 Å². The van der Waals surface area contributed by atoms with Gasteiger partial charge in [0.15, 0.2) is 5.96 Å². The minimum absolute atomic E-state index is 0.251. The second-order valence-electron chi connectivity index (χ2n) is 6.46. The summed E-state index contributed by atoms with van der Waals surface area (Å²) in [6, 6.07) is 17.6. The van der Waals surface area contributed by atoms with Crippen molar-refractivity contribution >= 4 is 5.96 Å². The molecule has 0 bridgehead atoms. The zero-order chi connectivity index (χ0) is 21.2. The maximum absolute atomic E-state index is 13.3. The molecule has 0 atom stereocenters. The zero-order valence-corrected chi connectivity index (χ0v) is 17.1. The van der Waals surface area contributed by atoms with Crippen molar-refractivity contribution in [1.82, 2.24) is 15.6 Å². The quantitative estimate of drug-likeness (QED) is 0.430. The van der Waals surface area contributed by atoms with E-state index in [1.807, 2.05) is 37.3 Å². The van der Waals surface area contributed by atoms with Gasteiger partial charge in [-0.1, -0.05) is 24.3 Å². The van der Waals surface area contributed by atoms with E-state index in [0.29, 0.717) is 30.7 Å². The van der Waals surface area contributed by atoms with Gasteiger partial charge in [-0.25, -0.2) is 14.4 Å². The Bertz CT molecular complexity index is 977. The lowest BCUT2D eigenvalue weighted by Gasteiger charge is -2.11. The molecule has 0 saturated heterocycles. The van der Waals surface area contributed by atoms with Crippen molar-refractivity contribution in [2.24, 2.45) is 4.99 Å². The van der Waals surface area contributed by atoms with Crippen LogP contribution in [-0.4, -0.2) is 24.6 Å². The van der Waals surface area contributed by atoms with Crippen LogP contribution in [-0.2, 0) is 13.1 Å². The third kappa shape index (κ3) is 6.48. The van der Waals surface area contributed by atoms with Gasteiger partial charge in [-0.2, -0.15) is 0 Å². The molecule has 7 heteroatoms. The summed E-state index contributed by atoms with van der Waals surface area (Å²) in [6.45, 7) is 3.65. The Morgan fingerprint density at radius 3 is 2.57 bits per heavy atom. The molecule has 0 aliphatic heterocycles. The standard InChI is InChI=1S/C23H25FN4O2/c1-3-25-23(27-14-17-6-4-7-19(24)12-17)28-16-18-10-11-22(26-15-18)30-21-9-5-8-20(13-21)29-2/h4-13,15H,3,14,16H2,1-2H3,(H2,25,27,28). The van der Waals surface area contributed by atoms with E-state index in [1.54, 1.807) is 31.5 Å². The third-order valence-corrected chi connectivity index (χ3v) is 4.17. The van der Waals surface area contributed by atoms with Gasteiger partial charge < -0.3 is 20.1 Å². The normalized spacial score (nSPS) is 11.1. The molecule has 1 heterocycles. The molecule has 0 unspecified atom stereocenters. The summed E-state index contributed by atoms with van der Waals surface area (Å²) < 4.78 is 24.3. The molecule has 6 nitrogen and oxygen atoms in total. The molecule has 0 radical (unpaired) electrons. The van der Waals surface area contributed by atoms with Crippen molar-refractivity contribution in [2.75, 3.05) is 13.7 Å². The first kappa shape index (κ1) is 21.1. The number of pyridine rings is 1. The molecule has 2 aromatic carbocycles. The number of aliphatic imine (C=N–C) groups is 1. The third-order valence-electron chi connectivity index (χ3n) is 4.17. The van der Waals surface area contributed by atoms with Gasteiger partial charge in [-0.15, -0.1) is 0 Å². The second kappa shape index (κ2) is 10.8. The van der Waals surface area contributed by atoms with Crippen LogP contribution in [0.5, 0.6) is 17.4 Å². The van der Waals surface area contributed by atoms with Crippen molar-refractivity contribution in [3.05, 3.63) is 83.8 Å². The van der Waals surface area contributed by atoms with E-state index in [9.17, 15) is 4.39 Å². The highest BCUT2D eigenvalue weighted by atomic mass is 19.1. The Morgan fingerprint density at radius 2 is 1.83 bits per heavy atom. The molecule has 0 spiro atoms. The Labute approximate surface area is 175 Å². The van der Waals surface area contributed by atoms with Gasteiger partial charge in [0, 0.05) is 31.4 Å². The number of nitrogens with zero attached hydrogens (tertiary/aromatic N) is 2. The number of methoxy groups -OCH3 is 1. The molecule has 0 aliphatic carbocycles. The van der Waals surface area contributed by atoms with Crippen LogP contribution in [0.3, 0.4) is 0 Å². The van der Waals surface area contributed by atoms with Gasteiger partial charge in [-0.3, -0.25) is 0 Å². The molecule has 3 rings (SSSR count). The number of nitrogens with one attached hydrogen (secondary N) is 2. The van der Waals surface area contributed by atoms with Crippen LogP contribution in [0.15, 0.2) is 71.9 Å². The van der Waals surface area contributed by atoms with Crippen LogP contribution in [0.2, 0.25) is 0 Å². The monoisotopic (exact) mass is 408 g/mol. The highest BCUT2D eigenvalue weighted by Crippen LogP contribution is 2.23. The van der Waals surface area contributed by atoms with E-state index >= 15 is 0 Å². The molecular weight excluding hydrogens is 383 g/mol. The summed E-state index contributed by atoms with van der Waals surface area (Å²) in [7, 11) is 1.61. The average Bonchev–Trinajstić information content (AvgIpc) is 2.77. The van der Waals surface area contributed by atoms with Crippen LogP contribution in [0.25, 0.3) is 0 Å². The lowest BCUT2D eigenvalue weighted by atomic mass is 10.2. The summed E-state index contributed by atoms with van der Waals surface area (Å²) in [4.78, 5) is 8.90. The number of aromatic nitrogens is 1. The van der Waals surface area contributed by atoms with Crippen molar-refractivity contribution in [2.45, 2.75) is 20.0 Å². The number of rotatable bonds is 8. The largest absolute Gasteiger partial charge is 0.497 e. The lowest BCUT2D eigenvalue weighted by molar-refractivity contribution is 0.407. The molecule has 0 fully saturated rings. The zero-order valence-electron chi connectivity index (χ0n) is 17.1. The summed E-state index contributed by atoms with van der Waals surface area (Å²) in [5, 5.41) is 6.39. The van der Waals surface area contributed by atoms with Crippen LogP contribution in [0.4, 0.5) is 4.39 Å². The SMILES string of the molecule is CCNC(=NCc1ccc(Oc2cccc(OC)c2)nc1)NCc1cccc(F)c1. The van der Waals surface area contributed by atoms with E-state index in [-0.39, 0.29) is 5.82 Å². The Kier molecular flexibility index (Phi) is 7.60. The van der Waals surface area contributed by atoms with Gasteiger partial charge in [0.05, 0.1) is 13.7 Å². The fourth-order valence-electron chi connectivity index (χ4n) is 2.70. The predicted molar refractivity (Wildman–Crippen MR) is 115 cm³/mol. The van der Waals surface area contributed by atoms with Gasteiger partial charge in [0.2, 0.25) is 5.88 Å².